The Morgan fingerprint density at radius 3 is 2.58 bits per heavy atom. The number of anilines is 2. The molecule has 4 rings (SSSR count). The number of phenolic OH excluding ortho intramolecular Hbond substituents is 1. The molecule has 2 N–H and O–H groups in total. The van der Waals surface area contributed by atoms with Crippen LogP contribution in [0.4, 0.5) is 11.4 Å². The molecule has 8 heteroatoms. The summed E-state index contributed by atoms with van der Waals surface area (Å²) >= 11 is 0. The number of carbonyl (C=O) groups excluding carboxylic acids is 2. The van der Waals surface area contributed by atoms with Crippen molar-refractivity contribution in [3.8, 4) is 17.1 Å². The van der Waals surface area contributed by atoms with Crippen molar-refractivity contribution in [2.45, 2.75) is 26.7 Å². The number of amides is 2. The molecule has 0 atom stereocenters. The third kappa shape index (κ3) is 4.42. The molecule has 1 aromatic heterocycles. The third-order valence-electron chi connectivity index (χ3n) is 4.90. The van der Waals surface area contributed by atoms with Crippen molar-refractivity contribution in [3.05, 3.63) is 66.0 Å². The molecule has 2 amide bonds. The minimum Gasteiger partial charge on any atom is -0.508 e. The monoisotopic (exact) mass is 415 g/mol. The van der Waals surface area contributed by atoms with E-state index in [1.54, 1.807) is 24.3 Å². The second-order valence-corrected chi connectivity index (χ2v) is 7.34. The Balaban J connectivity index is 1.52. The normalized spacial score (nSPS) is 13.7. The molecular weight excluding hydrogens is 394 g/mol. The Bertz CT molecular complexity index is 1190. The van der Waals surface area contributed by atoms with Gasteiger partial charge in [-0.2, -0.15) is 5.10 Å². The summed E-state index contributed by atoms with van der Waals surface area (Å²) in [4.78, 5) is 33.6. The summed E-state index contributed by atoms with van der Waals surface area (Å²) in [5.41, 5.74) is 3.92. The summed E-state index contributed by atoms with van der Waals surface area (Å²) in [6.07, 6.45) is 3.43. The first-order valence-corrected chi connectivity index (χ1v) is 9.81. The molecule has 8 nitrogen and oxygen atoms in total. The minimum atomic E-state index is -0.406. The van der Waals surface area contributed by atoms with Crippen LogP contribution >= 0.6 is 0 Å². The smallest absolute Gasteiger partial charge is 0.271 e. The van der Waals surface area contributed by atoms with E-state index < -0.39 is 5.91 Å². The van der Waals surface area contributed by atoms with Crippen LogP contribution in [0.2, 0.25) is 0 Å². The fraction of sp³-hybridized carbons (Fsp3) is 0.174. The fourth-order valence-corrected chi connectivity index (χ4v) is 3.24. The number of hydrazone groups is 1. The van der Waals surface area contributed by atoms with E-state index >= 15 is 0 Å². The van der Waals surface area contributed by atoms with Crippen molar-refractivity contribution in [3.63, 3.8) is 0 Å². The molecule has 1 aliphatic rings. The van der Waals surface area contributed by atoms with Gasteiger partial charge in [0.25, 0.3) is 5.91 Å². The van der Waals surface area contributed by atoms with Crippen molar-refractivity contribution in [2.75, 3.05) is 10.3 Å². The van der Waals surface area contributed by atoms with E-state index in [-0.39, 0.29) is 30.2 Å². The second kappa shape index (κ2) is 8.35. The van der Waals surface area contributed by atoms with Crippen molar-refractivity contribution in [1.82, 2.24) is 9.97 Å². The zero-order valence-corrected chi connectivity index (χ0v) is 17.2. The molecule has 3 aromatic rings. The van der Waals surface area contributed by atoms with Crippen LogP contribution in [0.1, 0.15) is 24.0 Å². The molecule has 0 fully saturated rings. The largest absolute Gasteiger partial charge is 0.508 e. The van der Waals surface area contributed by atoms with Crippen molar-refractivity contribution < 1.29 is 14.7 Å². The average Bonchev–Trinajstić information content (AvgIpc) is 2.76. The number of phenols is 1. The SMILES string of the molecule is Cc1ccc(C)c(N2N=C(C(=O)Nc3cnc(-c4cccc(O)c4)nc3)CCC2=O)c1. The molecule has 0 saturated heterocycles. The zero-order chi connectivity index (χ0) is 22.0. The maximum atomic E-state index is 12.7. The van der Waals surface area contributed by atoms with E-state index in [4.69, 9.17) is 0 Å². The standard InChI is InChI=1S/C23H21N5O3/c1-14-6-7-15(2)20(10-14)28-21(30)9-8-19(27-28)23(31)26-17-12-24-22(25-13-17)16-4-3-5-18(29)11-16/h3-7,10-13,29H,8-9H2,1-2H3,(H,26,31). The van der Waals surface area contributed by atoms with E-state index in [0.717, 1.165) is 11.1 Å². The van der Waals surface area contributed by atoms with Crippen LogP contribution in [-0.4, -0.2) is 32.6 Å². The quantitative estimate of drug-likeness (QED) is 0.677. The van der Waals surface area contributed by atoms with Crippen LogP contribution in [0.15, 0.2) is 60.0 Å². The number of benzene rings is 2. The highest BCUT2D eigenvalue weighted by Crippen LogP contribution is 2.26. The van der Waals surface area contributed by atoms with Gasteiger partial charge in [0, 0.05) is 18.4 Å². The molecule has 1 aliphatic heterocycles. The summed E-state index contributed by atoms with van der Waals surface area (Å²) in [5.74, 6) is -0.00657. The highest BCUT2D eigenvalue weighted by molar-refractivity contribution is 6.44. The molecule has 2 aromatic carbocycles. The number of nitrogens with one attached hydrogen (secondary N) is 1. The van der Waals surface area contributed by atoms with Gasteiger partial charge in [-0.3, -0.25) is 9.59 Å². The number of carbonyl (C=O) groups is 2. The Hall–Kier alpha value is -4.07. The molecule has 31 heavy (non-hydrogen) atoms. The van der Waals surface area contributed by atoms with Crippen LogP contribution in [-0.2, 0) is 9.59 Å². The van der Waals surface area contributed by atoms with Gasteiger partial charge in [-0.05, 0) is 43.2 Å². The van der Waals surface area contributed by atoms with E-state index in [1.807, 2.05) is 32.0 Å². The van der Waals surface area contributed by atoms with Crippen LogP contribution in [0.3, 0.4) is 0 Å². The third-order valence-corrected chi connectivity index (χ3v) is 4.90. The number of aromatic hydroxyl groups is 1. The predicted octanol–water partition coefficient (Wildman–Crippen LogP) is 3.59. The first-order chi connectivity index (χ1) is 14.9. The maximum Gasteiger partial charge on any atom is 0.271 e. The van der Waals surface area contributed by atoms with Gasteiger partial charge in [0.1, 0.15) is 11.5 Å². The Kier molecular flexibility index (Phi) is 5.44. The lowest BCUT2D eigenvalue weighted by molar-refractivity contribution is -0.118. The highest BCUT2D eigenvalue weighted by atomic mass is 16.3. The second-order valence-electron chi connectivity index (χ2n) is 7.34. The van der Waals surface area contributed by atoms with Gasteiger partial charge in [-0.15, -0.1) is 0 Å². The summed E-state index contributed by atoms with van der Waals surface area (Å²) in [5, 5.41) is 18.0. The highest BCUT2D eigenvalue weighted by Gasteiger charge is 2.26. The number of aryl methyl sites for hydroxylation is 2. The average molecular weight is 415 g/mol. The molecule has 0 unspecified atom stereocenters. The van der Waals surface area contributed by atoms with Gasteiger partial charge >= 0.3 is 0 Å². The van der Waals surface area contributed by atoms with Gasteiger partial charge in [0.2, 0.25) is 5.91 Å². The molecule has 0 saturated carbocycles. The summed E-state index contributed by atoms with van der Waals surface area (Å²) in [6, 6.07) is 12.4. The van der Waals surface area contributed by atoms with Gasteiger partial charge in [0.05, 0.1) is 23.8 Å². The Morgan fingerprint density at radius 1 is 1.06 bits per heavy atom. The van der Waals surface area contributed by atoms with Crippen LogP contribution in [0.5, 0.6) is 5.75 Å². The number of hydrogen-bond acceptors (Lipinski definition) is 6. The lowest BCUT2D eigenvalue weighted by atomic mass is 10.1. The van der Waals surface area contributed by atoms with Gasteiger partial charge < -0.3 is 10.4 Å². The molecule has 0 bridgehead atoms. The molecule has 0 aliphatic carbocycles. The van der Waals surface area contributed by atoms with E-state index in [9.17, 15) is 14.7 Å². The van der Waals surface area contributed by atoms with Crippen LogP contribution in [0, 0.1) is 13.8 Å². The van der Waals surface area contributed by atoms with E-state index in [2.05, 4.69) is 20.4 Å². The van der Waals surface area contributed by atoms with Crippen molar-refractivity contribution >= 4 is 28.9 Å². The fourth-order valence-electron chi connectivity index (χ4n) is 3.24. The minimum absolute atomic E-state index is 0.122. The van der Waals surface area contributed by atoms with E-state index in [1.165, 1.54) is 17.4 Å². The lowest BCUT2D eigenvalue weighted by Gasteiger charge is -2.24. The molecular formula is C23H21N5O3. The Labute approximate surface area is 179 Å². The number of aromatic nitrogens is 2. The Morgan fingerprint density at radius 2 is 1.84 bits per heavy atom. The van der Waals surface area contributed by atoms with E-state index in [0.29, 0.717) is 22.8 Å². The first kappa shape index (κ1) is 20.2. The van der Waals surface area contributed by atoms with Gasteiger partial charge in [0.15, 0.2) is 5.82 Å². The summed E-state index contributed by atoms with van der Waals surface area (Å²) < 4.78 is 0. The molecule has 2 heterocycles. The topological polar surface area (TPSA) is 108 Å². The lowest BCUT2D eigenvalue weighted by Crippen LogP contribution is -2.36. The predicted molar refractivity (Wildman–Crippen MR) is 118 cm³/mol. The maximum absolute atomic E-state index is 12.7. The molecule has 156 valence electrons. The number of rotatable bonds is 4. The van der Waals surface area contributed by atoms with Crippen molar-refractivity contribution in [1.29, 1.82) is 0 Å². The number of nitrogens with zero attached hydrogens (tertiary/aromatic N) is 4. The van der Waals surface area contributed by atoms with Crippen molar-refractivity contribution in [2.24, 2.45) is 5.10 Å². The summed E-state index contributed by atoms with van der Waals surface area (Å²) in [7, 11) is 0. The number of hydrogen-bond donors (Lipinski definition) is 2. The molecule has 0 spiro atoms. The first-order valence-electron chi connectivity index (χ1n) is 9.81. The van der Waals surface area contributed by atoms with Gasteiger partial charge in [-0.1, -0.05) is 24.3 Å². The zero-order valence-electron chi connectivity index (χ0n) is 17.2. The molecule has 0 radical (unpaired) electrons. The van der Waals surface area contributed by atoms with Gasteiger partial charge in [-0.25, -0.2) is 15.0 Å². The summed E-state index contributed by atoms with van der Waals surface area (Å²) in [6.45, 7) is 3.84. The van der Waals surface area contributed by atoms with Crippen LogP contribution in [0.25, 0.3) is 11.4 Å². The van der Waals surface area contributed by atoms with Crippen LogP contribution < -0.4 is 10.3 Å².